The van der Waals surface area contributed by atoms with E-state index in [-0.39, 0.29) is 11.6 Å². The molecule has 5 heteroatoms. The lowest BCUT2D eigenvalue weighted by Gasteiger charge is -2.10. The van der Waals surface area contributed by atoms with Crippen molar-refractivity contribution in [1.29, 1.82) is 0 Å². The number of phenolic OH excluding ortho intramolecular Hbond substituents is 1. The van der Waals surface area contributed by atoms with Gasteiger partial charge in [0.05, 0.1) is 6.33 Å². The number of aryl methyl sites for hydroxylation is 1. The summed E-state index contributed by atoms with van der Waals surface area (Å²) in [4.78, 5) is 4.01. The molecule has 0 aliphatic rings. The molecule has 124 valence electrons. The Bertz CT molecular complexity index is 770. The number of rotatable bonds is 7. The van der Waals surface area contributed by atoms with E-state index in [0.29, 0.717) is 6.54 Å². The van der Waals surface area contributed by atoms with E-state index < -0.39 is 0 Å². The minimum Gasteiger partial charge on any atom is -0.508 e. The summed E-state index contributed by atoms with van der Waals surface area (Å²) >= 11 is 0. The molecule has 0 saturated carbocycles. The van der Waals surface area contributed by atoms with Gasteiger partial charge >= 0.3 is 0 Å². The van der Waals surface area contributed by atoms with Gasteiger partial charge in [0.15, 0.2) is 0 Å². The van der Waals surface area contributed by atoms with Gasteiger partial charge in [0.1, 0.15) is 11.6 Å². The highest BCUT2D eigenvalue weighted by atomic mass is 19.1. The molecule has 0 bridgehead atoms. The zero-order valence-electron chi connectivity index (χ0n) is 13.3. The lowest BCUT2D eigenvalue weighted by atomic mass is 10.0. The van der Waals surface area contributed by atoms with E-state index >= 15 is 0 Å². The fraction of sp³-hybridized carbons (Fsp3) is 0.211. The zero-order valence-corrected chi connectivity index (χ0v) is 13.3. The molecule has 0 atom stereocenters. The van der Waals surface area contributed by atoms with Crippen molar-refractivity contribution in [2.24, 2.45) is 0 Å². The molecule has 2 aromatic carbocycles. The van der Waals surface area contributed by atoms with Gasteiger partial charge in [-0.2, -0.15) is 0 Å². The van der Waals surface area contributed by atoms with Gasteiger partial charge in [-0.05, 0) is 48.4 Å². The van der Waals surface area contributed by atoms with Crippen LogP contribution >= 0.6 is 0 Å². The summed E-state index contributed by atoms with van der Waals surface area (Å²) in [6, 6.07) is 11.8. The normalized spacial score (nSPS) is 10.9. The number of aromatic nitrogens is 2. The maximum atomic E-state index is 13.0. The average molecular weight is 325 g/mol. The Morgan fingerprint density at radius 3 is 2.62 bits per heavy atom. The summed E-state index contributed by atoms with van der Waals surface area (Å²) in [7, 11) is 0. The van der Waals surface area contributed by atoms with Crippen LogP contribution in [-0.4, -0.2) is 21.2 Å². The second-order valence-electron chi connectivity index (χ2n) is 5.68. The summed E-state index contributed by atoms with van der Waals surface area (Å²) in [5, 5.41) is 13.4. The number of aromatic hydroxyl groups is 1. The van der Waals surface area contributed by atoms with Crippen molar-refractivity contribution in [2.45, 2.75) is 19.5 Å². The van der Waals surface area contributed by atoms with E-state index in [2.05, 4.69) is 10.3 Å². The van der Waals surface area contributed by atoms with Gasteiger partial charge in [0, 0.05) is 31.0 Å². The monoisotopic (exact) mass is 325 g/mol. The van der Waals surface area contributed by atoms with E-state index in [1.807, 2.05) is 22.9 Å². The number of nitrogens with zero attached hydrogens (tertiary/aromatic N) is 2. The lowest BCUT2D eigenvalue weighted by molar-refractivity contribution is 0.463. The molecule has 2 N–H and O–H groups in total. The number of hydrogen-bond donors (Lipinski definition) is 2. The first-order valence-corrected chi connectivity index (χ1v) is 7.97. The van der Waals surface area contributed by atoms with Crippen molar-refractivity contribution >= 4 is 0 Å². The van der Waals surface area contributed by atoms with Crippen LogP contribution in [0, 0.1) is 5.82 Å². The third-order valence-electron chi connectivity index (χ3n) is 3.90. The standard InChI is InChI=1S/C19H20FN3O/c20-18-5-2-15(3-6-18)16-4-7-19(24)17(12-16)13-21-8-1-10-23-11-9-22-14-23/h2-7,9,11-12,14,21,24H,1,8,10,13H2. The van der Waals surface area contributed by atoms with Crippen LogP contribution in [-0.2, 0) is 13.1 Å². The van der Waals surface area contributed by atoms with Crippen LogP contribution < -0.4 is 5.32 Å². The van der Waals surface area contributed by atoms with Crippen LogP contribution in [0.1, 0.15) is 12.0 Å². The second kappa shape index (κ2) is 7.75. The summed E-state index contributed by atoms with van der Waals surface area (Å²) in [6.07, 6.45) is 6.50. The number of imidazole rings is 1. The van der Waals surface area contributed by atoms with E-state index in [1.54, 1.807) is 30.7 Å². The van der Waals surface area contributed by atoms with Crippen LogP contribution in [0.5, 0.6) is 5.75 Å². The van der Waals surface area contributed by atoms with Crippen molar-refractivity contribution in [3.05, 3.63) is 72.6 Å². The van der Waals surface area contributed by atoms with Crippen LogP contribution in [0.25, 0.3) is 11.1 Å². The van der Waals surface area contributed by atoms with Crippen molar-refractivity contribution < 1.29 is 9.50 Å². The number of nitrogens with one attached hydrogen (secondary N) is 1. The molecule has 3 rings (SSSR count). The Morgan fingerprint density at radius 1 is 1.08 bits per heavy atom. The maximum Gasteiger partial charge on any atom is 0.123 e. The molecule has 0 unspecified atom stereocenters. The molecule has 0 radical (unpaired) electrons. The SMILES string of the molecule is Oc1ccc(-c2ccc(F)cc2)cc1CNCCCn1ccnc1. The fourth-order valence-corrected chi connectivity index (χ4v) is 2.58. The quantitative estimate of drug-likeness (QED) is 0.653. The maximum absolute atomic E-state index is 13.0. The first kappa shape index (κ1) is 16.2. The Morgan fingerprint density at radius 2 is 1.88 bits per heavy atom. The van der Waals surface area contributed by atoms with Gasteiger partial charge in [-0.1, -0.05) is 18.2 Å². The number of benzene rings is 2. The molecule has 0 saturated heterocycles. The van der Waals surface area contributed by atoms with Gasteiger partial charge in [-0.25, -0.2) is 9.37 Å². The van der Waals surface area contributed by atoms with Crippen molar-refractivity contribution in [3.8, 4) is 16.9 Å². The molecular formula is C19H20FN3O. The van der Waals surface area contributed by atoms with Crippen LogP contribution in [0.3, 0.4) is 0 Å². The molecule has 0 spiro atoms. The van der Waals surface area contributed by atoms with Gasteiger partial charge in [-0.3, -0.25) is 0 Å². The van der Waals surface area contributed by atoms with Gasteiger partial charge < -0.3 is 15.0 Å². The molecule has 0 fully saturated rings. The van der Waals surface area contributed by atoms with Gasteiger partial charge in [0.2, 0.25) is 0 Å². The summed E-state index contributed by atoms with van der Waals surface area (Å²) < 4.78 is 15.1. The Hall–Kier alpha value is -2.66. The van der Waals surface area contributed by atoms with Crippen molar-refractivity contribution in [1.82, 2.24) is 14.9 Å². The van der Waals surface area contributed by atoms with E-state index in [9.17, 15) is 9.50 Å². The third kappa shape index (κ3) is 4.20. The van der Waals surface area contributed by atoms with E-state index in [1.165, 1.54) is 12.1 Å². The zero-order chi connectivity index (χ0) is 16.8. The highest BCUT2D eigenvalue weighted by Gasteiger charge is 2.05. The summed E-state index contributed by atoms with van der Waals surface area (Å²) in [5.41, 5.74) is 2.72. The predicted octanol–water partition coefficient (Wildman–Crippen LogP) is 3.57. The Balaban J connectivity index is 1.56. The number of phenols is 1. The summed E-state index contributed by atoms with van der Waals surface area (Å²) in [6.45, 7) is 2.35. The van der Waals surface area contributed by atoms with Crippen LogP contribution in [0.4, 0.5) is 4.39 Å². The molecule has 4 nitrogen and oxygen atoms in total. The molecule has 0 amide bonds. The molecule has 0 aliphatic heterocycles. The molecular weight excluding hydrogens is 305 g/mol. The molecule has 3 aromatic rings. The topological polar surface area (TPSA) is 50.1 Å². The first-order valence-electron chi connectivity index (χ1n) is 7.97. The fourth-order valence-electron chi connectivity index (χ4n) is 2.58. The Kier molecular flexibility index (Phi) is 5.23. The molecule has 24 heavy (non-hydrogen) atoms. The highest BCUT2D eigenvalue weighted by molar-refractivity contribution is 5.65. The van der Waals surface area contributed by atoms with Crippen LogP contribution in [0.15, 0.2) is 61.2 Å². The smallest absolute Gasteiger partial charge is 0.123 e. The minimum atomic E-state index is -0.252. The lowest BCUT2D eigenvalue weighted by Crippen LogP contribution is -2.16. The van der Waals surface area contributed by atoms with Crippen molar-refractivity contribution in [2.75, 3.05) is 6.54 Å². The average Bonchev–Trinajstić information content (AvgIpc) is 3.10. The molecule has 0 aliphatic carbocycles. The van der Waals surface area contributed by atoms with E-state index in [0.717, 1.165) is 36.2 Å². The van der Waals surface area contributed by atoms with E-state index in [4.69, 9.17) is 0 Å². The predicted molar refractivity (Wildman–Crippen MR) is 92.1 cm³/mol. The second-order valence-corrected chi connectivity index (χ2v) is 5.68. The van der Waals surface area contributed by atoms with Gasteiger partial charge in [-0.15, -0.1) is 0 Å². The largest absolute Gasteiger partial charge is 0.508 e. The summed E-state index contributed by atoms with van der Waals surface area (Å²) in [5.74, 6) is 0.0141. The number of halogens is 1. The molecule has 1 aromatic heterocycles. The number of hydrogen-bond acceptors (Lipinski definition) is 3. The Labute approximate surface area is 140 Å². The minimum absolute atomic E-state index is 0.252. The highest BCUT2D eigenvalue weighted by Crippen LogP contribution is 2.26. The van der Waals surface area contributed by atoms with Crippen LogP contribution in [0.2, 0.25) is 0 Å². The molecule has 1 heterocycles. The van der Waals surface area contributed by atoms with Crippen molar-refractivity contribution in [3.63, 3.8) is 0 Å². The third-order valence-corrected chi connectivity index (χ3v) is 3.90. The van der Waals surface area contributed by atoms with Gasteiger partial charge in [0.25, 0.3) is 0 Å². The first-order chi connectivity index (χ1) is 11.7.